The Labute approximate surface area is 124 Å². The lowest BCUT2D eigenvalue weighted by Gasteiger charge is -2.16. The first-order valence-corrected chi connectivity index (χ1v) is 7.86. The minimum Gasteiger partial charge on any atom is -0.0801 e. The summed E-state index contributed by atoms with van der Waals surface area (Å²) in [7, 11) is 0. The van der Waals surface area contributed by atoms with E-state index in [2.05, 4.69) is 63.3 Å². The Morgan fingerprint density at radius 1 is 1.05 bits per heavy atom. The van der Waals surface area contributed by atoms with Crippen LogP contribution in [0.15, 0.2) is 53.6 Å². The number of aryl methyl sites for hydroxylation is 1. The molecule has 0 bridgehead atoms. The van der Waals surface area contributed by atoms with Crippen LogP contribution in [0.2, 0.25) is 0 Å². The molecule has 108 valence electrons. The summed E-state index contributed by atoms with van der Waals surface area (Å²) < 4.78 is 0. The van der Waals surface area contributed by atoms with Crippen LogP contribution in [0, 0.1) is 6.92 Å². The lowest BCUT2D eigenvalue weighted by Crippen LogP contribution is -1.95. The predicted octanol–water partition coefficient (Wildman–Crippen LogP) is 6.48. The second-order valence-electron chi connectivity index (χ2n) is 5.00. The molecule has 0 saturated carbocycles. The zero-order valence-electron chi connectivity index (χ0n) is 13.7. The van der Waals surface area contributed by atoms with Crippen molar-refractivity contribution in [1.29, 1.82) is 0 Å². The minimum atomic E-state index is 1.05. The maximum absolute atomic E-state index is 2.27. The number of hydrogen-bond acceptors (Lipinski definition) is 0. The summed E-state index contributed by atoms with van der Waals surface area (Å²) in [6, 6.07) is 8.73. The van der Waals surface area contributed by atoms with Crippen molar-refractivity contribution in [2.24, 2.45) is 0 Å². The van der Waals surface area contributed by atoms with Gasteiger partial charge in [-0.05, 0) is 54.5 Å². The molecular weight excluding hydrogens is 240 g/mol. The fourth-order valence-corrected chi connectivity index (χ4v) is 2.64. The molecule has 0 saturated heterocycles. The van der Waals surface area contributed by atoms with Crippen molar-refractivity contribution < 1.29 is 0 Å². The normalized spacial score (nSPS) is 14.3. The Morgan fingerprint density at radius 2 is 1.75 bits per heavy atom. The van der Waals surface area contributed by atoms with Gasteiger partial charge in [-0.3, -0.25) is 0 Å². The zero-order valence-corrected chi connectivity index (χ0v) is 13.7. The molecule has 0 aromatic heterocycles. The molecule has 0 fully saturated rings. The fraction of sp³-hybridized carbons (Fsp3) is 0.400. The number of allylic oxidation sites excluding steroid dienone is 6. The Balaban J connectivity index is 0.000000956. The quantitative estimate of drug-likeness (QED) is 0.588. The topological polar surface area (TPSA) is 0 Å². The molecule has 1 aromatic rings. The molecule has 0 heteroatoms. The highest BCUT2D eigenvalue weighted by Crippen LogP contribution is 2.33. The summed E-state index contributed by atoms with van der Waals surface area (Å²) in [5.41, 5.74) is 7.27. The van der Waals surface area contributed by atoms with Crippen molar-refractivity contribution in [3.8, 4) is 0 Å². The lowest BCUT2D eigenvalue weighted by molar-refractivity contribution is 0.911. The second kappa shape index (κ2) is 8.58. The van der Waals surface area contributed by atoms with E-state index >= 15 is 0 Å². The van der Waals surface area contributed by atoms with E-state index < -0.39 is 0 Å². The van der Waals surface area contributed by atoms with Crippen LogP contribution >= 0.6 is 0 Å². The van der Waals surface area contributed by atoms with Crippen molar-refractivity contribution >= 4 is 5.57 Å². The third-order valence-electron chi connectivity index (χ3n) is 3.61. The number of rotatable bonds is 3. The van der Waals surface area contributed by atoms with Gasteiger partial charge in [-0.2, -0.15) is 0 Å². The van der Waals surface area contributed by atoms with Crippen molar-refractivity contribution in [1.82, 2.24) is 0 Å². The van der Waals surface area contributed by atoms with E-state index in [4.69, 9.17) is 0 Å². The van der Waals surface area contributed by atoms with Gasteiger partial charge in [0.1, 0.15) is 0 Å². The fourth-order valence-electron chi connectivity index (χ4n) is 2.64. The van der Waals surface area contributed by atoms with Crippen molar-refractivity contribution in [3.05, 3.63) is 64.8 Å². The van der Waals surface area contributed by atoms with E-state index in [0.717, 1.165) is 6.42 Å². The standard InChI is InChI=1S/C18H22.C2H6/c1-4-9-16-14(2)10-6-8-13-18(16)17-12-7-5-11-15(17)3;1-2/h5-8,10-12H,4,9,13H2,1-3H3;1-2H3. The summed E-state index contributed by atoms with van der Waals surface area (Å²) >= 11 is 0. The first kappa shape index (κ1) is 16.5. The van der Waals surface area contributed by atoms with Gasteiger partial charge in [-0.25, -0.2) is 0 Å². The van der Waals surface area contributed by atoms with Crippen LogP contribution in [-0.2, 0) is 0 Å². The third-order valence-corrected chi connectivity index (χ3v) is 3.61. The molecule has 20 heavy (non-hydrogen) atoms. The van der Waals surface area contributed by atoms with Gasteiger partial charge in [0, 0.05) is 0 Å². The van der Waals surface area contributed by atoms with Gasteiger partial charge in [0.2, 0.25) is 0 Å². The van der Waals surface area contributed by atoms with E-state index in [1.165, 1.54) is 40.7 Å². The maximum Gasteiger partial charge on any atom is -0.00854 e. The zero-order chi connectivity index (χ0) is 15.0. The molecule has 0 N–H and O–H groups in total. The molecule has 0 spiro atoms. The Bertz CT molecular complexity index is 513. The van der Waals surface area contributed by atoms with Gasteiger partial charge in [0.05, 0.1) is 0 Å². The predicted molar refractivity (Wildman–Crippen MR) is 91.9 cm³/mol. The van der Waals surface area contributed by atoms with Crippen molar-refractivity contribution in [2.75, 3.05) is 0 Å². The number of hydrogen-bond donors (Lipinski definition) is 0. The highest BCUT2D eigenvalue weighted by Gasteiger charge is 2.12. The summed E-state index contributed by atoms with van der Waals surface area (Å²) in [4.78, 5) is 0. The first-order chi connectivity index (χ1) is 9.74. The van der Waals surface area contributed by atoms with Crippen LogP contribution in [0.3, 0.4) is 0 Å². The van der Waals surface area contributed by atoms with Crippen LogP contribution in [0.25, 0.3) is 5.57 Å². The monoisotopic (exact) mass is 268 g/mol. The van der Waals surface area contributed by atoms with Gasteiger partial charge in [0.15, 0.2) is 0 Å². The lowest BCUT2D eigenvalue weighted by atomic mass is 9.89. The average Bonchev–Trinajstić information content (AvgIpc) is 2.65. The third kappa shape index (κ3) is 3.96. The van der Waals surface area contributed by atoms with E-state index in [1.807, 2.05) is 13.8 Å². The van der Waals surface area contributed by atoms with Crippen LogP contribution in [-0.4, -0.2) is 0 Å². The SMILES string of the molecule is CC.CCCC1=C(c2ccccc2C)CC=CC=C1C. The van der Waals surface area contributed by atoms with Gasteiger partial charge >= 0.3 is 0 Å². The molecule has 1 aliphatic carbocycles. The molecule has 0 atom stereocenters. The highest BCUT2D eigenvalue weighted by molar-refractivity contribution is 5.76. The number of benzene rings is 1. The summed E-state index contributed by atoms with van der Waals surface area (Å²) in [6.45, 7) is 10.7. The molecule has 0 aliphatic heterocycles. The van der Waals surface area contributed by atoms with E-state index in [9.17, 15) is 0 Å². The summed E-state index contributed by atoms with van der Waals surface area (Å²) in [5, 5.41) is 0. The molecule has 0 unspecified atom stereocenters. The largest absolute Gasteiger partial charge is 0.0801 e. The van der Waals surface area contributed by atoms with Crippen LogP contribution < -0.4 is 0 Å². The van der Waals surface area contributed by atoms with Gasteiger partial charge in [0.25, 0.3) is 0 Å². The highest BCUT2D eigenvalue weighted by atomic mass is 14.2. The molecule has 0 nitrogen and oxygen atoms in total. The Morgan fingerprint density at radius 3 is 2.40 bits per heavy atom. The van der Waals surface area contributed by atoms with Gasteiger partial charge in [-0.15, -0.1) is 0 Å². The van der Waals surface area contributed by atoms with E-state index in [-0.39, 0.29) is 0 Å². The van der Waals surface area contributed by atoms with Gasteiger partial charge < -0.3 is 0 Å². The molecular formula is C20H28. The Hall–Kier alpha value is -1.56. The molecule has 1 aromatic carbocycles. The van der Waals surface area contributed by atoms with Crippen LogP contribution in [0.1, 0.15) is 58.1 Å². The van der Waals surface area contributed by atoms with Crippen molar-refractivity contribution in [3.63, 3.8) is 0 Å². The smallest absolute Gasteiger partial charge is 0.00854 e. The Kier molecular flexibility index (Phi) is 7.08. The molecule has 0 amide bonds. The average molecular weight is 268 g/mol. The second-order valence-corrected chi connectivity index (χ2v) is 5.00. The maximum atomic E-state index is 2.27. The molecule has 1 aliphatic rings. The van der Waals surface area contributed by atoms with Crippen LogP contribution in [0.5, 0.6) is 0 Å². The van der Waals surface area contributed by atoms with Crippen molar-refractivity contribution in [2.45, 2.75) is 53.9 Å². The summed E-state index contributed by atoms with van der Waals surface area (Å²) in [5.74, 6) is 0. The summed E-state index contributed by atoms with van der Waals surface area (Å²) in [6.07, 6.45) is 10.1. The van der Waals surface area contributed by atoms with E-state index in [0.29, 0.717) is 0 Å². The molecule has 0 radical (unpaired) electrons. The van der Waals surface area contributed by atoms with Crippen LogP contribution in [0.4, 0.5) is 0 Å². The van der Waals surface area contributed by atoms with Gasteiger partial charge in [-0.1, -0.05) is 69.7 Å². The minimum absolute atomic E-state index is 1.05. The van der Waals surface area contributed by atoms with E-state index in [1.54, 1.807) is 0 Å². The first-order valence-electron chi connectivity index (χ1n) is 7.86. The molecule has 0 heterocycles. The molecule has 2 rings (SSSR count).